The number of amides is 2. The molecular formula is C25H25N3O3S2. The Kier molecular flexibility index (Phi) is 5.66. The normalized spacial score (nSPS) is 21.8. The number of aromatic nitrogens is 1. The van der Waals surface area contributed by atoms with Crippen LogP contribution in [-0.2, 0) is 9.59 Å². The summed E-state index contributed by atoms with van der Waals surface area (Å²) in [7, 11) is 0. The molecular weight excluding hydrogens is 454 g/mol. The molecule has 0 unspecified atom stereocenters. The second-order valence-electron chi connectivity index (χ2n) is 8.36. The number of anilines is 2. The number of hydrogen-bond donors (Lipinski definition) is 1. The van der Waals surface area contributed by atoms with Gasteiger partial charge in [0.15, 0.2) is 0 Å². The minimum Gasteiger partial charge on any atom is -0.372 e. The highest BCUT2D eigenvalue weighted by Gasteiger charge is 2.56. The van der Waals surface area contributed by atoms with Crippen molar-refractivity contribution in [2.24, 2.45) is 5.92 Å². The molecule has 0 bridgehead atoms. The van der Waals surface area contributed by atoms with Crippen LogP contribution in [0, 0.1) is 12.8 Å². The second-order valence-corrected chi connectivity index (χ2v) is 10.5. The number of nitrogens with one attached hydrogen (secondary N) is 1. The molecule has 33 heavy (non-hydrogen) atoms. The lowest BCUT2D eigenvalue weighted by atomic mass is 9.83. The van der Waals surface area contributed by atoms with Gasteiger partial charge in [-0.2, -0.15) is 0 Å². The monoisotopic (exact) mass is 479 g/mol. The summed E-state index contributed by atoms with van der Waals surface area (Å²) in [5, 5.41) is 0.139. The lowest BCUT2D eigenvalue weighted by molar-refractivity contribution is -0.122. The van der Waals surface area contributed by atoms with E-state index in [0.717, 1.165) is 46.1 Å². The quantitative estimate of drug-likeness (QED) is 0.550. The van der Waals surface area contributed by atoms with Gasteiger partial charge < -0.3 is 9.88 Å². The number of rotatable bonds is 5. The molecule has 2 aliphatic heterocycles. The van der Waals surface area contributed by atoms with Gasteiger partial charge in [-0.1, -0.05) is 52.9 Å². The molecule has 5 rings (SSSR count). The second kappa shape index (κ2) is 8.50. The number of hydrogen-bond acceptors (Lipinski definition) is 6. The highest BCUT2D eigenvalue weighted by molar-refractivity contribution is 8.00. The van der Waals surface area contributed by atoms with Gasteiger partial charge >= 0.3 is 4.87 Å². The topological polar surface area (TPSA) is 73.5 Å². The Hall–Kier alpha value is -2.84. The van der Waals surface area contributed by atoms with Gasteiger partial charge in [-0.05, 0) is 50.6 Å². The van der Waals surface area contributed by atoms with Crippen LogP contribution in [0.2, 0.25) is 0 Å². The largest absolute Gasteiger partial charge is 0.372 e. The van der Waals surface area contributed by atoms with Crippen molar-refractivity contribution in [3.63, 3.8) is 0 Å². The number of aryl methyl sites for hydroxylation is 1. The molecule has 170 valence electrons. The summed E-state index contributed by atoms with van der Waals surface area (Å²) < 4.78 is 0. The molecule has 3 aromatic rings. The first-order valence-electron chi connectivity index (χ1n) is 11.1. The Morgan fingerprint density at radius 2 is 1.61 bits per heavy atom. The predicted octanol–water partition coefficient (Wildman–Crippen LogP) is 4.39. The van der Waals surface area contributed by atoms with Gasteiger partial charge in [0.05, 0.1) is 16.6 Å². The first-order valence-corrected chi connectivity index (χ1v) is 12.8. The molecule has 1 N–H and O–H groups in total. The Labute approximate surface area is 200 Å². The van der Waals surface area contributed by atoms with E-state index >= 15 is 0 Å². The number of carbonyl (C=O) groups excluding carboxylic acids is 2. The summed E-state index contributed by atoms with van der Waals surface area (Å²) in [5.41, 5.74) is 3.72. The van der Waals surface area contributed by atoms with Crippen molar-refractivity contribution in [3.8, 4) is 0 Å². The van der Waals surface area contributed by atoms with Crippen molar-refractivity contribution in [1.82, 2.24) is 4.98 Å². The highest BCUT2D eigenvalue weighted by Crippen LogP contribution is 2.53. The molecule has 2 aliphatic rings. The molecule has 8 heteroatoms. The lowest BCUT2D eigenvalue weighted by Crippen LogP contribution is -2.32. The molecule has 3 atom stereocenters. The summed E-state index contributed by atoms with van der Waals surface area (Å²) in [4.78, 5) is 46.5. The Morgan fingerprint density at radius 1 is 0.939 bits per heavy atom. The van der Waals surface area contributed by atoms with Gasteiger partial charge in [-0.3, -0.25) is 14.4 Å². The molecule has 1 saturated heterocycles. The minimum absolute atomic E-state index is 0.160. The maximum atomic E-state index is 13.7. The van der Waals surface area contributed by atoms with Gasteiger partial charge in [0, 0.05) is 29.6 Å². The Morgan fingerprint density at radius 3 is 2.24 bits per heavy atom. The maximum absolute atomic E-state index is 13.7. The van der Waals surface area contributed by atoms with E-state index in [0.29, 0.717) is 10.7 Å². The van der Waals surface area contributed by atoms with E-state index in [4.69, 9.17) is 0 Å². The van der Waals surface area contributed by atoms with Crippen LogP contribution in [0.25, 0.3) is 0 Å². The van der Waals surface area contributed by atoms with Gasteiger partial charge in [-0.25, -0.2) is 4.90 Å². The SMILES string of the molecule is CCN(CC)c1ccc([C@@H]2c3sc(=O)[nH]c3S[C@H]3C(=O)N(c4ccc(C)cc4)C(=O)[C@@H]23)cc1. The van der Waals surface area contributed by atoms with Crippen LogP contribution in [-0.4, -0.2) is 35.1 Å². The summed E-state index contributed by atoms with van der Waals surface area (Å²) in [6.45, 7) is 8.02. The third-order valence-corrected chi connectivity index (χ3v) is 8.90. The molecule has 0 radical (unpaired) electrons. The third-order valence-electron chi connectivity index (χ3n) is 6.50. The highest BCUT2D eigenvalue weighted by atomic mass is 32.2. The summed E-state index contributed by atoms with van der Waals surface area (Å²) in [5.74, 6) is -1.32. The molecule has 2 aromatic carbocycles. The van der Waals surface area contributed by atoms with Crippen molar-refractivity contribution in [2.45, 2.75) is 37.0 Å². The summed E-state index contributed by atoms with van der Waals surface area (Å²) in [6, 6.07) is 15.6. The molecule has 3 heterocycles. The van der Waals surface area contributed by atoms with E-state index in [1.165, 1.54) is 16.7 Å². The van der Waals surface area contributed by atoms with Gasteiger partial charge in [0.1, 0.15) is 5.25 Å². The van der Waals surface area contributed by atoms with Gasteiger partial charge in [0.25, 0.3) is 0 Å². The molecule has 0 spiro atoms. The van der Waals surface area contributed by atoms with Crippen molar-refractivity contribution < 1.29 is 9.59 Å². The van der Waals surface area contributed by atoms with E-state index in [1.807, 2.05) is 43.3 Å². The van der Waals surface area contributed by atoms with E-state index in [2.05, 4.69) is 35.9 Å². The Bertz CT molecular complexity index is 1260. The van der Waals surface area contributed by atoms with Crippen molar-refractivity contribution in [2.75, 3.05) is 22.9 Å². The molecule has 1 fully saturated rings. The number of fused-ring (bicyclic) bond motifs is 2. The van der Waals surface area contributed by atoms with E-state index in [-0.39, 0.29) is 22.6 Å². The standard InChI is InChI=1S/C25H25N3O3S2/c1-4-27(5-2)16-12-8-15(9-13-16)18-19-21(32-22-20(18)33-25(31)26-22)24(30)28(23(19)29)17-10-6-14(3)7-11-17/h6-13,18-19,21H,4-5H2,1-3H3,(H,26,31)/t18-,19-,21+/m0/s1. The predicted molar refractivity (Wildman–Crippen MR) is 134 cm³/mol. The van der Waals surface area contributed by atoms with Crippen molar-refractivity contribution >= 4 is 46.3 Å². The van der Waals surface area contributed by atoms with Gasteiger partial charge in [-0.15, -0.1) is 0 Å². The van der Waals surface area contributed by atoms with Crippen LogP contribution in [0.15, 0.2) is 58.4 Å². The van der Waals surface area contributed by atoms with E-state index < -0.39 is 11.2 Å². The number of thiazole rings is 1. The van der Waals surface area contributed by atoms with Crippen LogP contribution in [0.1, 0.15) is 35.8 Å². The number of nitrogens with zero attached hydrogens (tertiary/aromatic N) is 2. The van der Waals surface area contributed by atoms with E-state index in [1.54, 1.807) is 0 Å². The van der Waals surface area contributed by atoms with Crippen molar-refractivity contribution in [3.05, 3.63) is 74.2 Å². The lowest BCUT2D eigenvalue weighted by Gasteiger charge is -2.30. The zero-order chi connectivity index (χ0) is 23.3. The zero-order valence-electron chi connectivity index (χ0n) is 18.7. The van der Waals surface area contributed by atoms with Crippen LogP contribution < -0.4 is 14.7 Å². The number of H-pyrrole nitrogens is 1. The fourth-order valence-corrected chi connectivity index (χ4v) is 7.32. The number of carbonyl (C=O) groups is 2. The van der Waals surface area contributed by atoms with Crippen LogP contribution in [0.3, 0.4) is 0 Å². The third kappa shape index (κ3) is 3.61. The first-order chi connectivity index (χ1) is 15.9. The zero-order valence-corrected chi connectivity index (χ0v) is 20.3. The maximum Gasteiger partial charge on any atom is 0.305 e. The number of imide groups is 1. The van der Waals surface area contributed by atoms with E-state index in [9.17, 15) is 14.4 Å². The molecule has 1 aromatic heterocycles. The van der Waals surface area contributed by atoms with Gasteiger partial charge in [0.2, 0.25) is 11.8 Å². The number of aromatic amines is 1. The van der Waals surface area contributed by atoms with Crippen LogP contribution in [0.5, 0.6) is 0 Å². The summed E-state index contributed by atoms with van der Waals surface area (Å²) >= 11 is 2.45. The average Bonchev–Trinajstić information content (AvgIpc) is 3.30. The molecule has 0 aliphatic carbocycles. The minimum atomic E-state index is -0.566. The first kappa shape index (κ1) is 22.0. The fourth-order valence-electron chi connectivity index (χ4n) is 4.81. The smallest absolute Gasteiger partial charge is 0.305 e. The number of thioether (sulfide) groups is 1. The Balaban J connectivity index is 1.59. The molecule has 0 saturated carbocycles. The fraction of sp³-hybridized carbons (Fsp3) is 0.320. The number of benzene rings is 2. The molecule has 6 nitrogen and oxygen atoms in total. The summed E-state index contributed by atoms with van der Waals surface area (Å²) in [6.07, 6.45) is 0. The van der Waals surface area contributed by atoms with Crippen LogP contribution in [0.4, 0.5) is 11.4 Å². The molecule has 2 amide bonds. The van der Waals surface area contributed by atoms with Crippen molar-refractivity contribution in [1.29, 1.82) is 0 Å². The average molecular weight is 480 g/mol. The van der Waals surface area contributed by atoms with Crippen LogP contribution >= 0.6 is 23.1 Å².